The maximum absolute atomic E-state index is 13.2. The molecule has 0 spiro atoms. The van der Waals surface area contributed by atoms with Gasteiger partial charge in [-0.3, -0.25) is 0 Å². The highest BCUT2D eigenvalue weighted by molar-refractivity contribution is 6.19. The number of benzene rings is 2. The van der Waals surface area contributed by atoms with E-state index >= 15 is 0 Å². The quantitative estimate of drug-likeness (QED) is 0.405. The molecule has 0 heterocycles. The number of rotatable bonds is 9. The molecule has 0 aliphatic carbocycles. The van der Waals surface area contributed by atoms with Gasteiger partial charge in [0.2, 0.25) is 0 Å². The van der Waals surface area contributed by atoms with Crippen LogP contribution in [0.1, 0.15) is 74.7 Å². The molecule has 2 aromatic rings. The first kappa shape index (κ1) is 25.6. The van der Waals surface area contributed by atoms with E-state index < -0.39 is 23.9 Å². The van der Waals surface area contributed by atoms with E-state index in [9.17, 15) is 19.2 Å². The first-order valence-corrected chi connectivity index (χ1v) is 10.8. The molecule has 2 rings (SSSR count). The van der Waals surface area contributed by atoms with E-state index in [4.69, 9.17) is 18.9 Å². The van der Waals surface area contributed by atoms with Crippen LogP contribution in [0.5, 0.6) is 0 Å². The largest absolute Gasteiger partial charge is 0.462 e. The van der Waals surface area contributed by atoms with Crippen molar-refractivity contribution in [1.29, 1.82) is 0 Å². The molecule has 0 N–H and O–H groups in total. The summed E-state index contributed by atoms with van der Waals surface area (Å²) in [6.07, 6.45) is 0. The summed E-state index contributed by atoms with van der Waals surface area (Å²) in [5.74, 6) is -3.55. The molecule has 0 aromatic heterocycles. The number of carbonyl (C=O) groups excluding carboxylic acids is 4. The van der Waals surface area contributed by atoms with Crippen LogP contribution in [0, 0.1) is 6.92 Å². The topological polar surface area (TPSA) is 105 Å². The Labute approximate surface area is 192 Å². The number of ether oxygens (including phenoxy) is 4. The molecule has 0 aliphatic rings. The summed E-state index contributed by atoms with van der Waals surface area (Å²) < 4.78 is 20.8. The van der Waals surface area contributed by atoms with E-state index in [1.165, 1.54) is 0 Å². The van der Waals surface area contributed by atoms with Gasteiger partial charge in [-0.25, -0.2) is 19.2 Å². The Morgan fingerprint density at radius 1 is 0.576 bits per heavy atom. The lowest BCUT2D eigenvalue weighted by Gasteiger charge is -2.22. The van der Waals surface area contributed by atoms with Gasteiger partial charge in [0.25, 0.3) is 0 Å². The zero-order valence-corrected chi connectivity index (χ0v) is 19.5. The number of hydrogen-bond donors (Lipinski definition) is 0. The fraction of sp³-hybridized carbons (Fsp3) is 0.360. The second-order valence-electron chi connectivity index (χ2n) is 6.75. The maximum atomic E-state index is 13.2. The molecule has 0 saturated heterocycles. The van der Waals surface area contributed by atoms with Crippen molar-refractivity contribution in [3.8, 4) is 11.1 Å². The third kappa shape index (κ3) is 5.39. The van der Waals surface area contributed by atoms with Crippen molar-refractivity contribution in [3.05, 3.63) is 58.1 Å². The number of carbonyl (C=O) groups is 4. The van der Waals surface area contributed by atoms with Gasteiger partial charge in [0.1, 0.15) is 0 Å². The lowest BCUT2D eigenvalue weighted by atomic mass is 9.83. The summed E-state index contributed by atoms with van der Waals surface area (Å²) >= 11 is 0. The zero-order chi connectivity index (χ0) is 24.5. The summed E-state index contributed by atoms with van der Waals surface area (Å²) in [4.78, 5) is 52.4. The van der Waals surface area contributed by atoms with E-state index in [0.29, 0.717) is 5.56 Å². The van der Waals surface area contributed by atoms with E-state index in [1.54, 1.807) is 65.0 Å². The normalized spacial score (nSPS) is 10.3. The molecule has 0 atom stereocenters. The molecule has 0 radical (unpaired) electrons. The predicted octanol–water partition coefficient (Wildman–Crippen LogP) is 4.37. The average Bonchev–Trinajstić information content (AvgIpc) is 2.79. The van der Waals surface area contributed by atoms with Gasteiger partial charge < -0.3 is 18.9 Å². The third-order valence-corrected chi connectivity index (χ3v) is 4.73. The zero-order valence-electron chi connectivity index (χ0n) is 19.5. The Balaban J connectivity index is 3.16. The number of hydrogen-bond acceptors (Lipinski definition) is 8. The van der Waals surface area contributed by atoms with Gasteiger partial charge in [-0.05, 0) is 45.7 Å². The van der Waals surface area contributed by atoms with Crippen molar-refractivity contribution in [1.82, 2.24) is 0 Å². The highest BCUT2D eigenvalue weighted by Crippen LogP contribution is 2.37. The molecule has 0 amide bonds. The van der Waals surface area contributed by atoms with Crippen LogP contribution in [0.25, 0.3) is 11.1 Å². The van der Waals surface area contributed by atoms with E-state index in [-0.39, 0.29) is 59.8 Å². The highest BCUT2D eigenvalue weighted by atomic mass is 16.5. The van der Waals surface area contributed by atoms with Gasteiger partial charge in [-0.2, -0.15) is 0 Å². The number of esters is 4. The molecular weight excluding hydrogens is 428 g/mol. The smallest absolute Gasteiger partial charge is 0.339 e. The summed E-state index contributed by atoms with van der Waals surface area (Å²) in [6.45, 7) is 8.02. The standard InChI is InChI=1S/C25H28O8/c1-6-30-22(26)18-15(5)17(16-13-11-10-12-14-16)19(23(27)31-7-2)21(25(29)33-9-4)20(18)24(28)32-8-3/h10-14H,6-9H2,1-5H3. The van der Waals surface area contributed by atoms with Crippen molar-refractivity contribution in [2.45, 2.75) is 34.6 Å². The van der Waals surface area contributed by atoms with Crippen LogP contribution in [-0.2, 0) is 18.9 Å². The molecular formula is C25H28O8. The van der Waals surface area contributed by atoms with Crippen molar-refractivity contribution >= 4 is 23.9 Å². The van der Waals surface area contributed by atoms with Crippen LogP contribution in [0.15, 0.2) is 30.3 Å². The van der Waals surface area contributed by atoms with Crippen LogP contribution < -0.4 is 0 Å². The Morgan fingerprint density at radius 3 is 1.36 bits per heavy atom. The second kappa shape index (κ2) is 11.8. The van der Waals surface area contributed by atoms with Gasteiger partial charge in [0.05, 0.1) is 48.7 Å². The molecule has 0 bridgehead atoms. The fourth-order valence-electron chi connectivity index (χ4n) is 3.52. The predicted molar refractivity (Wildman–Crippen MR) is 120 cm³/mol. The first-order valence-electron chi connectivity index (χ1n) is 10.8. The van der Waals surface area contributed by atoms with Crippen LogP contribution in [0.2, 0.25) is 0 Å². The average molecular weight is 456 g/mol. The first-order chi connectivity index (χ1) is 15.8. The summed E-state index contributed by atoms with van der Waals surface area (Å²) in [5, 5.41) is 0. The minimum absolute atomic E-state index is 0.0163. The fourth-order valence-corrected chi connectivity index (χ4v) is 3.52. The Bertz CT molecular complexity index is 1040. The van der Waals surface area contributed by atoms with Crippen LogP contribution in [-0.4, -0.2) is 50.3 Å². The molecule has 0 fully saturated rings. The maximum Gasteiger partial charge on any atom is 0.339 e. The van der Waals surface area contributed by atoms with Crippen molar-refractivity contribution in [2.75, 3.05) is 26.4 Å². The minimum atomic E-state index is -0.952. The van der Waals surface area contributed by atoms with Gasteiger partial charge in [-0.1, -0.05) is 30.3 Å². The molecule has 33 heavy (non-hydrogen) atoms. The summed E-state index contributed by atoms with van der Waals surface area (Å²) in [5.41, 5.74) is -0.00726. The molecule has 0 unspecified atom stereocenters. The van der Waals surface area contributed by atoms with Crippen LogP contribution >= 0.6 is 0 Å². The van der Waals surface area contributed by atoms with Gasteiger partial charge >= 0.3 is 23.9 Å². The van der Waals surface area contributed by atoms with Crippen LogP contribution in [0.4, 0.5) is 0 Å². The van der Waals surface area contributed by atoms with Gasteiger partial charge in [0.15, 0.2) is 0 Å². The Hall–Kier alpha value is -3.68. The SMILES string of the molecule is CCOC(=O)c1c(C)c(-c2ccccc2)c(C(=O)OCC)c(C(=O)OCC)c1C(=O)OCC. The van der Waals surface area contributed by atoms with Crippen LogP contribution in [0.3, 0.4) is 0 Å². The molecule has 8 nitrogen and oxygen atoms in total. The van der Waals surface area contributed by atoms with E-state index in [2.05, 4.69) is 0 Å². The van der Waals surface area contributed by atoms with E-state index in [1.807, 2.05) is 0 Å². The summed E-state index contributed by atoms with van der Waals surface area (Å²) in [7, 11) is 0. The summed E-state index contributed by atoms with van der Waals surface area (Å²) in [6, 6.07) is 8.72. The highest BCUT2D eigenvalue weighted by Gasteiger charge is 2.37. The molecule has 2 aromatic carbocycles. The molecule has 176 valence electrons. The van der Waals surface area contributed by atoms with E-state index in [0.717, 1.165) is 0 Å². The van der Waals surface area contributed by atoms with Crippen molar-refractivity contribution in [3.63, 3.8) is 0 Å². The Morgan fingerprint density at radius 2 is 0.939 bits per heavy atom. The molecule has 8 heteroatoms. The lowest BCUT2D eigenvalue weighted by molar-refractivity contribution is 0.0444. The Kier molecular flexibility index (Phi) is 9.15. The van der Waals surface area contributed by atoms with Crippen molar-refractivity contribution in [2.24, 2.45) is 0 Å². The minimum Gasteiger partial charge on any atom is -0.462 e. The van der Waals surface area contributed by atoms with Crippen molar-refractivity contribution < 1.29 is 38.1 Å². The monoisotopic (exact) mass is 456 g/mol. The van der Waals surface area contributed by atoms with Gasteiger partial charge in [0, 0.05) is 5.56 Å². The lowest BCUT2D eigenvalue weighted by Crippen LogP contribution is -2.26. The second-order valence-corrected chi connectivity index (χ2v) is 6.75. The third-order valence-electron chi connectivity index (χ3n) is 4.73. The molecule has 0 aliphatic heterocycles. The van der Waals surface area contributed by atoms with Gasteiger partial charge in [-0.15, -0.1) is 0 Å². The molecule has 0 saturated carbocycles.